The van der Waals surface area contributed by atoms with Crippen molar-refractivity contribution in [3.05, 3.63) is 18.2 Å². The first-order chi connectivity index (χ1) is 10.2. The molecule has 1 heterocycles. The number of ether oxygens (including phenoxy) is 3. The van der Waals surface area contributed by atoms with Crippen molar-refractivity contribution in [3.8, 4) is 11.5 Å². The van der Waals surface area contributed by atoms with Gasteiger partial charge in [-0.15, -0.1) is 0 Å². The Labute approximate surface area is 128 Å². The van der Waals surface area contributed by atoms with Crippen LogP contribution in [0.15, 0.2) is 18.2 Å². The number of nitrogens with one attached hydrogen (secondary N) is 2. The average Bonchev–Trinajstić information content (AvgIpc) is 2.95. The summed E-state index contributed by atoms with van der Waals surface area (Å²) in [7, 11) is 1.66. The fourth-order valence-corrected chi connectivity index (χ4v) is 2.41. The minimum Gasteiger partial charge on any atom is -0.454 e. The molecule has 0 radical (unpaired) electrons. The van der Waals surface area contributed by atoms with Crippen LogP contribution < -0.4 is 20.1 Å². The third-order valence-corrected chi connectivity index (χ3v) is 3.74. The zero-order valence-corrected chi connectivity index (χ0v) is 13.0. The number of anilines is 1. The number of methoxy groups -OCH3 is 1. The molecule has 2 amide bonds. The van der Waals surface area contributed by atoms with Crippen molar-refractivity contribution in [2.75, 3.05) is 37.8 Å². The Morgan fingerprint density at radius 2 is 2.24 bits per heavy atom. The van der Waals surface area contributed by atoms with E-state index in [2.05, 4.69) is 10.6 Å². The molecule has 0 saturated carbocycles. The van der Waals surface area contributed by atoms with Crippen molar-refractivity contribution >= 4 is 23.5 Å². The van der Waals surface area contributed by atoms with Crippen molar-refractivity contribution in [1.82, 2.24) is 5.32 Å². The number of hydrogen-bond acceptors (Lipinski definition) is 5. The van der Waals surface area contributed by atoms with Gasteiger partial charge in [0.2, 0.25) is 6.79 Å². The molecule has 1 aliphatic heterocycles. The van der Waals surface area contributed by atoms with Crippen LogP contribution in [-0.4, -0.2) is 44.6 Å². The van der Waals surface area contributed by atoms with Crippen LogP contribution in [0.25, 0.3) is 0 Å². The van der Waals surface area contributed by atoms with E-state index in [-0.39, 0.29) is 18.9 Å². The summed E-state index contributed by atoms with van der Waals surface area (Å²) >= 11 is 1.76. The maximum atomic E-state index is 11.9. The van der Waals surface area contributed by atoms with Crippen molar-refractivity contribution in [2.45, 2.75) is 12.5 Å². The van der Waals surface area contributed by atoms with E-state index < -0.39 is 0 Å². The first kappa shape index (κ1) is 15.8. The topological polar surface area (TPSA) is 68.8 Å². The number of carbonyl (C=O) groups is 1. The van der Waals surface area contributed by atoms with E-state index in [1.54, 1.807) is 37.1 Å². The summed E-state index contributed by atoms with van der Waals surface area (Å²) in [6.45, 7) is 0.698. The number of benzene rings is 1. The summed E-state index contributed by atoms with van der Waals surface area (Å²) < 4.78 is 15.8. The molecule has 2 rings (SSSR count). The van der Waals surface area contributed by atoms with Crippen LogP contribution in [0.1, 0.15) is 6.42 Å². The molecule has 1 aliphatic rings. The van der Waals surface area contributed by atoms with E-state index in [0.717, 1.165) is 12.2 Å². The normalized spacial score (nSPS) is 13.8. The summed E-state index contributed by atoms with van der Waals surface area (Å²) in [5, 5.41) is 5.56. The first-order valence-corrected chi connectivity index (χ1v) is 8.08. The van der Waals surface area contributed by atoms with Crippen molar-refractivity contribution in [3.63, 3.8) is 0 Å². The molecule has 1 unspecified atom stereocenters. The second-order valence-corrected chi connectivity index (χ2v) is 5.53. The summed E-state index contributed by atoms with van der Waals surface area (Å²) in [4.78, 5) is 11.9. The summed E-state index contributed by atoms with van der Waals surface area (Å²) in [5.74, 6) is 2.34. The Balaban J connectivity index is 1.79. The lowest BCUT2D eigenvalue weighted by atomic mass is 10.2. The number of hydrogen-bond donors (Lipinski definition) is 2. The number of rotatable bonds is 7. The van der Waals surface area contributed by atoms with Crippen molar-refractivity contribution in [1.29, 1.82) is 0 Å². The Morgan fingerprint density at radius 3 is 3.00 bits per heavy atom. The van der Waals surface area contributed by atoms with Crippen LogP contribution in [0, 0.1) is 0 Å². The number of fused-ring (bicyclic) bond motifs is 1. The van der Waals surface area contributed by atoms with Gasteiger partial charge in [0.1, 0.15) is 0 Å². The number of urea groups is 1. The lowest BCUT2D eigenvalue weighted by Gasteiger charge is -2.16. The molecule has 0 spiro atoms. The zero-order chi connectivity index (χ0) is 15.1. The maximum absolute atomic E-state index is 11.9. The molecule has 0 bridgehead atoms. The second kappa shape index (κ2) is 7.99. The van der Waals surface area contributed by atoms with E-state index in [4.69, 9.17) is 14.2 Å². The molecule has 1 aromatic carbocycles. The van der Waals surface area contributed by atoms with Gasteiger partial charge in [-0.1, -0.05) is 0 Å². The smallest absolute Gasteiger partial charge is 0.319 e. The highest BCUT2D eigenvalue weighted by atomic mass is 32.2. The fourth-order valence-electron chi connectivity index (χ4n) is 1.91. The highest BCUT2D eigenvalue weighted by Crippen LogP contribution is 2.34. The molecule has 6 nitrogen and oxygen atoms in total. The molecule has 0 saturated heterocycles. The van der Waals surface area contributed by atoms with E-state index >= 15 is 0 Å². The van der Waals surface area contributed by atoms with Gasteiger partial charge in [-0.3, -0.25) is 0 Å². The molecule has 0 aromatic heterocycles. The monoisotopic (exact) mass is 312 g/mol. The van der Waals surface area contributed by atoms with Gasteiger partial charge in [-0.2, -0.15) is 11.8 Å². The van der Waals surface area contributed by atoms with Crippen LogP contribution in [0.4, 0.5) is 10.5 Å². The quantitative estimate of drug-likeness (QED) is 0.808. The van der Waals surface area contributed by atoms with Crippen LogP contribution in [-0.2, 0) is 4.74 Å². The summed E-state index contributed by atoms with van der Waals surface area (Å²) in [6, 6.07) is 5.02. The van der Waals surface area contributed by atoms with Gasteiger partial charge < -0.3 is 24.8 Å². The molecule has 0 aliphatic carbocycles. The van der Waals surface area contributed by atoms with E-state index in [1.165, 1.54) is 0 Å². The minimum absolute atomic E-state index is 0.0277. The minimum atomic E-state index is -0.264. The van der Waals surface area contributed by atoms with Crippen molar-refractivity contribution in [2.24, 2.45) is 0 Å². The third kappa shape index (κ3) is 4.71. The summed E-state index contributed by atoms with van der Waals surface area (Å²) in [6.07, 6.45) is 2.98. The standard InChI is InChI=1S/C14H20N2O4S/c1-18-11(5-6-21-2)8-15-14(17)16-10-3-4-12-13(7-10)20-9-19-12/h3-4,7,11H,5-6,8-9H2,1-2H3,(H2,15,16,17). The Hall–Kier alpha value is -1.60. The molecule has 1 aromatic rings. The van der Waals surface area contributed by atoms with Gasteiger partial charge in [0.05, 0.1) is 6.10 Å². The van der Waals surface area contributed by atoms with E-state index in [9.17, 15) is 4.79 Å². The second-order valence-electron chi connectivity index (χ2n) is 4.54. The van der Waals surface area contributed by atoms with Crippen LogP contribution >= 0.6 is 11.8 Å². The van der Waals surface area contributed by atoms with Crippen LogP contribution in [0.5, 0.6) is 11.5 Å². The van der Waals surface area contributed by atoms with Gasteiger partial charge in [-0.25, -0.2) is 4.79 Å². The molecule has 0 fully saturated rings. The van der Waals surface area contributed by atoms with Crippen molar-refractivity contribution < 1.29 is 19.0 Å². The molecule has 7 heteroatoms. The Morgan fingerprint density at radius 1 is 1.43 bits per heavy atom. The van der Waals surface area contributed by atoms with Gasteiger partial charge in [0.15, 0.2) is 11.5 Å². The fraction of sp³-hybridized carbons (Fsp3) is 0.500. The molecular formula is C14H20N2O4S. The SMILES string of the molecule is COC(CCSC)CNC(=O)Nc1ccc2c(c1)OCO2. The highest BCUT2D eigenvalue weighted by Gasteiger charge is 2.14. The number of carbonyl (C=O) groups excluding carboxylic acids is 1. The molecule has 1 atom stereocenters. The number of amides is 2. The van der Waals surface area contributed by atoms with Gasteiger partial charge in [-0.05, 0) is 30.6 Å². The van der Waals surface area contributed by atoms with Gasteiger partial charge in [0, 0.05) is 25.4 Å². The third-order valence-electron chi connectivity index (χ3n) is 3.10. The van der Waals surface area contributed by atoms with E-state index in [0.29, 0.717) is 23.7 Å². The summed E-state index contributed by atoms with van der Waals surface area (Å²) in [5.41, 5.74) is 0.662. The van der Waals surface area contributed by atoms with Gasteiger partial charge in [0.25, 0.3) is 0 Å². The predicted molar refractivity (Wildman–Crippen MR) is 83.4 cm³/mol. The average molecular weight is 312 g/mol. The highest BCUT2D eigenvalue weighted by molar-refractivity contribution is 7.98. The Bertz CT molecular complexity index is 484. The predicted octanol–water partition coefficient (Wildman–Crippen LogP) is 2.30. The lowest BCUT2D eigenvalue weighted by Crippen LogP contribution is -2.36. The molecule has 21 heavy (non-hydrogen) atoms. The Kier molecular flexibility index (Phi) is 6.01. The lowest BCUT2D eigenvalue weighted by molar-refractivity contribution is 0.102. The van der Waals surface area contributed by atoms with Gasteiger partial charge >= 0.3 is 6.03 Å². The maximum Gasteiger partial charge on any atom is 0.319 e. The number of thioether (sulfide) groups is 1. The molecule has 116 valence electrons. The van der Waals surface area contributed by atoms with E-state index in [1.807, 2.05) is 6.26 Å². The zero-order valence-electron chi connectivity index (χ0n) is 12.2. The largest absolute Gasteiger partial charge is 0.454 e. The first-order valence-electron chi connectivity index (χ1n) is 6.69. The molecule has 2 N–H and O–H groups in total. The van der Waals surface area contributed by atoms with Crippen LogP contribution in [0.2, 0.25) is 0 Å². The van der Waals surface area contributed by atoms with Crippen LogP contribution in [0.3, 0.4) is 0 Å². The molecular weight excluding hydrogens is 292 g/mol.